The summed E-state index contributed by atoms with van der Waals surface area (Å²) in [5.74, 6) is 0. The summed E-state index contributed by atoms with van der Waals surface area (Å²) >= 11 is 0. The molecule has 0 bridgehead atoms. The lowest BCUT2D eigenvalue weighted by atomic mass is 10.2. The SMILES string of the molecule is CCN(C(F)F)S(=O)(=O)c1ccc(C)cc1. The van der Waals surface area contributed by atoms with Crippen LogP contribution in [-0.4, -0.2) is 25.8 Å². The molecule has 16 heavy (non-hydrogen) atoms. The highest BCUT2D eigenvalue weighted by Gasteiger charge is 2.29. The maximum Gasteiger partial charge on any atom is 0.307 e. The molecule has 0 unspecified atom stereocenters. The van der Waals surface area contributed by atoms with Gasteiger partial charge in [-0.25, -0.2) is 8.42 Å². The van der Waals surface area contributed by atoms with Gasteiger partial charge in [0.1, 0.15) is 0 Å². The third-order valence-corrected chi connectivity index (χ3v) is 4.06. The molecule has 0 aliphatic rings. The number of benzene rings is 1. The van der Waals surface area contributed by atoms with Crippen molar-refractivity contribution in [1.82, 2.24) is 4.31 Å². The molecule has 0 saturated carbocycles. The fraction of sp³-hybridized carbons (Fsp3) is 0.400. The second-order valence-corrected chi connectivity index (χ2v) is 5.19. The van der Waals surface area contributed by atoms with E-state index in [-0.39, 0.29) is 15.7 Å². The summed E-state index contributed by atoms with van der Waals surface area (Å²) in [5, 5.41) is 0. The van der Waals surface area contributed by atoms with Gasteiger partial charge < -0.3 is 0 Å². The van der Waals surface area contributed by atoms with E-state index in [2.05, 4.69) is 0 Å². The summed E-state index contributed by atoms with van der Waals surface area (Å²) in [5.41, 5.74) is 0.874. The van der Waals surface area contributed by atoms with Crippen molar-refractivity contribution in [3.05, 3.63) is 29.8 Å². The Bertz CT molecular complexity index is 442. The minimum Gasteiger partial charge on any atom is -0.207 e. The Balaban J connectivity index is 3.15. The van der Waals surface area contributed by atoms with E-state index in [1.54, 1.807) is 19.1 Å². The molecule has 0 aliphatic carbocycles. The van der Waals surface area contributed by atoms with Crippen molar-refractivity contribution in [2.45, 2.75) is 25.3 Å². The smallest absolute Gasteiger partial charge is 0.207 e. The molecule has 0 spiro atoms. The summed E-state index contributed by atoms with van der Waals surface area (Å²) < 4.78 is 48.7. The molecule has 90 valence electrons. The number of aryl methyl sites for hydroxylation is 1. The van der Waals surface area contributed by atoms with Gasteiger partial charge in [-0.05, 0) is 19.1 Å². The van der Waals surface area contributed by atoms with E-state index in [1.165, 1.54) is 19.1 Å². The van der Waals surface area contributed by atoms with Crippen LogP contribution < -0.4 is 0 Å². The Morgan fingerprint density at radius 3 is 2.12 bits per heavy atom. The van der Waals surface area contributed by atoms with Crippen LogP contribution in [0.25, 0.3) is 0 Å². The van der Waals surface area contributed by atoms with Crippen LogP contribution in [0.3, 0.4) is 0 Å². The number of hydrogen-bond acceptors (Lipinski definition) is 2. The van der Waals surface area contributed by atoms with Gasteiger partial charge in [0.2, 0.25) is 10.0 Å². The van der Waals surface area contributed by atoms with E-state index >= 15 is 0 Å². The van der Waals surface area contributed by atoms with Gasteiger partial charge in [-0.15, -0.1) is 4.31 Å². The van der Waals surface area contributed by atoms with Crippen molar-refractivity contribution >= 4 is 10.0 Å². The number of rotatable bonds is 4. The minimum atomic E-state index is -4.08. The molecule has 0 heterocycles. The minimum absolute atomic E-state index is 0.111. The Labute approximate surface area is 93.7 Å². The van der Waals surface area contributed by atoms with Gasteiger partial charge in [0, 0.05) is 6.54 Å². The Morgan fingerprint density at radius 1 is 1.25 bits per heavy atom. The average Bonchev–Trinajstić information content (AvgIpc) is 2.18. The molecule has 0 aromatic heterocycles. The van der Waals surface area contributed by atoms with Gasteiger partial charge in [-0.1, -0.05) is 24.6 Å². The third-order valence-electron chi connectivity index (χ3n) is 2.16. The largest absolute Gasteiger partial charge is 0.307 e. The first-order valence-corrected chi connectivity index (χ1v) is 6.20. The van der Waals surface area contributed by atoms with Crippen LogP contribution in [0.5, 0.6) is 0 Å². The maximum atomic E-state index is 12.5. The van der Waals surface area contributed by atoms with Crippen LogP contribution in [-0.2, 0) is 10.0 Å². The highest BCUT2D eigenvalue weighted by molar-refractivity contribution is 7.89. The lowest BCUT2D eigenvalue weighted by Crippen LogP contribution is -2.35. The number of hydrogen-bond donors (Lipinski definition) is 0. The zero-order valence-electron chi connectivity index (χ0n) is 9.02. The summed E-state index contributed by atoms with van der Waals surface area (Å²) in [6.07, 6.45) is 0. The van der Waals surface area contributed by atoms with Crippen LogP contribution >= 0.6 is 0 Å². The molecule has 1 aromatic rings. The zero-order chi connectivity index (χ0) is 12.3. The van der Waals surface area contributed by atoms with E-state index < -0.39 is 16.6 Å². The number of sulfonamides is 1. The average molecular weight is 249 g/mol. The monoisotopic (exact) mass is 249 g/mol. The summed E-state index contributed by atoms with van der Waals surface area (Å²) in [6, 6.07) is 5.81. The van der Waals surface area contributed by atoms with Gasteiger partial charge in [0.15, 0.2) is 0 Å². The van der Waals surface area contributed by atoms with Crippen LogP contribution in [0, 0.1) is 6.92 Å². The Hall–Kier alpha value is -1.01. The molecule has 0 N–H and O–H groups in total. The Kier molecular flexibility index (Phi) is 3.98. The number of nitrogens with zero attached hydrogens (tertiary/aromatic N) is 1. The normalized spacial score (nSPS) is 12.4. The van der Waals surface area contributed by atoms with E-state index in [0.717, 1.165) is 5.56 Å². The molecule has 0 aliphatic heterocycles. The quantitative estimate of drug-likeness (QED) is 0.767. The second kappa shape index (κ2) is 4.88. The molecule has 6 heteroatoms. The lowest BCUT2D eigenvalue weighted by Gasteiger charge is -2.19. The highest BCUT2D eigenvalue weighted by atomic mass is 32.2. The maximum absolute atomic E-state index is 12.5. The predicted octanol–water partition coefficient (Wildman–Crippen LogP) is 2.23. The van der Waals surface area contributed by atoms with Crippen molar-refractivity contribution in [2.24, 2.45) is 0 Å². The number of halogens is 2. The van der Waals surface area contributed by atoms with Crippen LogP contribution in [0.4, 0.5) is 8.78 Å². The summed E-state index contributed by atoms with van der Waals surface area (Å²) in [4.78, 5) is -0.111. The highest BCUT2D eigenvalue weighted by Crippen LogP contribution is 2.19. The third kappa shape index (κ3) is 2.56. The molecule has 0 saturated heterocycles. The van der Waals surface area contributed by atoms with Crippen LogP contribution in [0.15, 0.2) is 29.2 Å². The first-order valence-electron chi connectivity index (χ1n) is 4.76. The summed E-state index contributed by atoms with van der Waals surface area (Å²) in [7, 11) is -4.08. The molecule has 1 rings (SSSR count). The van der Waals surface area contributed by atoms with Crippen molar-refractivity contribution in [1.29, 1.82) is 0 Å². The molecule has 1 aromatic carbocycles. The van der Waals surface area contributed by atoms with Crippen LogP contribution in [0.1, 0.15) is 12.5 Å². The van der Waals surface area contributed by atoms with Crippen molar-refractivity contribution < 1.29 is 17.2 Å². The molecular formula is C10H13F2NO2S. The van der Waals surface area contributed by atoms with Crippen molar-refractivity contribution in [3.8, 4) is 0 Å². The molecule has 0 atom stereocenters. The first-order chi connectivity index (χ1) is 7.39. The lowest BCUT2D eigenvalue weighted by molar-refractivity contribution is 0.0344. The summed E-state index contributed by atoms with van der Waals surface area (Å²) in [6.45, 7) is -0.108. The first kappa shape index (κ1) is 13.1. The zero-order valence-corrected chi connectivity index (χ0v) is 9.84. The molecule has 0 amide bonds. The molecule has 0 fully saturated rings. The fourth-order valence-electron chi connectivity index (χ4n) is 1.26. The Morgan fingerprint density at radius 2 is 1.75 bits per heavy atom. The molecular weight excluding hydrogens is 236 g/mol. The number of alkyl halides is 2. The van der Waals surface area contributed by atoms with Gasteiger partial charge in [0.25, 0.3) is 0 Å². The van der Waals surface area contributed by atoms with Crippen LogP contribution in [0.2, 0.25) is 0 Å². The van der Waals surface area contributed by atoms with Gasteiger partial charge in [-0.2, -0.15) is 8.78 Å². The van der Waals surface area contributed by atoms with E-state index in [1.807, 2.05) is 0 Å². The van der Waals surface area contributed by atoms with Gasteiger partial charge in [-0.3, -0.25) is 0 Å². The van der Waals surface area contributed by atoms with E-state index in [9.17, 15) is 17.2 Å². The topological polar surface area (TPSA) is 37.4 Å². The fourth-order valence-corrected chi connectivity index (χ4v) is 2.56. The van der Waals surface area contributed by atoms with Gasteiger partial charge in [0.05, 0.1) is 4.90 Å². The van der Waals surface area contributed by atoms with Gasteiger partial charge >= 0.3 is 6.55 Å². The predicted molar refractivity (Wildman–Crippen MR) is 56.7 cm³/mol. The molecule has 0 radical (unpaired) electrons. The van der Waals surface area contributed by atoms with E-state index in [4.69, 9.17) is 0 Å². The van der Waals surface area contributed by atoms with E-state index in [0.29, 0.717) is 0 Å². The second-order valence-electron chi connectivity index (χ2n) is 3.30. The van der Waals surface area contributed by atoms with Crippen molar-refractivity contribution in [2.75, 3.05) is 6.54 Å². The molecule has 3 nitrogen and oxygen atoms in total. The standard InChI is InChI=1S/C10H13F2NO2S/c1-3-13(10(11)12)16(14,15)9-6-4-8(2)5-7-9/h4-7,10H,3H2,1-2H3. The van der Waals surface area contributed by atoms with Crippen molar-refractivity contribution in [3.63, 3.8) is 0 Å².